The van der Waals surface area contributed by atoms with E-state index in [9.17, 15) is 35.2 Å². The first kappa shape index (κ1) is 53.2. The minimum atomic E-state index is -3.52. The van der Waals surface area contributed by atoms with Crippen LogP contribution in [0.25, 0.3) is 0 Å². The van der Waals surface area contributed by atoms with Crippen LogP contribution in [0.15, 0.2) is 75.1 Å². The molecule has 2 saturated heterocycles. The number of nitrogens with zero attached hydrogens (tertiary/aromatic N) is 4. The van der Waals surface area contributed by atoms with Crippen molar-refractivity contribution in [1.82, 2.24) is 19.8 Å². The van der Waals surface area contributed by atoms with E-state index in [2.05, 4.69) is 25.9 Å². The van der Waals surface area contributed by atoms with E-state index in [0.717, 1.165) is 5.56 Å². The summed E-state index contributed by atoms with van der Waals surface area (Å²) in [6, 6.07) is 14.9. The lowest BCUT2D eigenvalue weighted by Gasteiger charge is -2.47. The second-order valence-electron chi connectivity index (χ2n) is 19.7. The molecule has 4 aromatic rings. The molecule has 0 unspecified atom stereocenters. The third-order valence-corrected chi connectivity index (χ3v) is 18.7. The van der Waals surface area contributed by atoms with Gasteiger partial charge in [0.15, 0.2) is 19.7 Å². The van der Waals surface area contributed by atoms with Crippen molar-refractivity contribution in [2.45, 2.75) is 157 Å². The number of hydrogen-bond acceptors (Lipinski definition) is 12. The lowest BCUT2D eigenvalue weighted by molar-refractivity contribution is -0.0879. The summed E-state index contributed by atoms with van der Waals surface area (Å²) in [5.74, 6) is 0.105. The zero-order chi connectivity index (χ0) is 51.1. The normalized spacial score (nSPS) is 19.7. The monoisotopic (exact) mass is 1070 g/mol. The number of amides is 2. The van der Waals surface area contributed by atoms with Crippen LogP contribution in [-0.4, -0.2) is 109 Å². The van der Waals surface area contributed by atoms with Crippen molar-refractivity contribution >= 4 is 47.4 Å². The zero-order valence-corrected chi connectivity index (χ0v) is 44.3. The van der Waals surface area contributed by atoms with Gasteiger partial charge in [-0.25, -0.2) is 35.6 Å². The molecule has 19 heteroatoms. The van der Waals surface area contributed by atoms with Crippen LogP contribution in [0.3, 0.4) is 0 Å². The maximum Gasteiger partial charge on any atom is 0.272 e. The van der Waals surface area contributed by atoms with E-state index in [-0.39, 0.29) is 73.6 Å². The predicted octanol–water partition coefficient (Wildman–Crippen LogP) is 9.72. The van der Waals surface area contributed by atoms with E-state index in [0.29, 0.717) is 87.5 Å². The number of halogens is 3. The molecule has 2 aromatic carbocycles. The number of fused-ring (bicyclic) bond motifs is 2. The predicted molar refractivity (Wildman–Crippen MR) is 263 cm³/mol. The molecule has 2 amide bonds. The van der Waals surface area contributed by atoms with E-state index in [1.807, 2.05) is 27.7 Å². The van der Waals surface area contributed by atoms with Crippen LogP contribution in [0.4, 0.5) is 8.78 Å². The molecule has 2 fully saturated rings. The lowest BCUT2D eigenvalue weighted by Crippen LogP contribution is -2.52. The average Bonchev–Trinajstić information content (AvgIpc) is 3.29. The number of rotatable bonds is 10. The highest BCUT2D eigenvalue weighted by Gasteiger charge is 2.47. The van der Waals surface area contributed by atoms with Crippen LogP contribution in [-0.2, 0) is 29.1 Å². The summed E-state index contributed by atoms with van der Waals surface area (Å²) in [6.45, 7) is 17.7. The highest BCUT2D eigenvalue weighted by molar-refractivity contribution is 9.10. The largest absolute Gasteiger partial charge is 0.487 e. The molecule has 0 radical (unpaired) electrons. The number of carbonyl (C=O) groups is 2. The molecule has 380 valence electrons. The van der Waals surface area contributed by atoms with Crippen molar-refractivity contribution in [3.63, 3.8) is 0 Å². The quantitative estimate of drug-likeness (QED) is 0.138. The summed E-state index contributed by atoms with van der Waals surface area (Å²) in [7, 11) is -6.99. The number of pyridine rings is 2. The number of benzene rings is 2. The summed E-state index contributed by atoms with van der Waals surface area (Å²) in [4.78, 5) is 38.6. The van der Waals surface area contributed by atoms with Gasteiger partial charge in [-0.2, -0.15) is 0 Å². The fraction of sp³-hybridized carbons (Fsp3) is 0.529. The Kier molecular flexibility index (Phi) is 15.9. The number of hydrogen-bond donors (Lipinski definition) is 0. The van der Waals surface area contributed by atoms with Gasteiger partial charge in [0.25, 0.3) is 11.8 Å². The Morgan fingerprint density at radius 3 is 1.39 bits per heavy atom. The minimum Gasteiger partial charge on any atom is -0.487 e. The smallest absolute Gasteiger partial charge is 0.272 e. The summed E-state index contributed by atoms with van der Waals surface area (Å²) in [6.07, 6.45) is 2.94. The van der Waals surface area contributed by atoms with Crippen molar-refractivity contribution in [3.8, 4) is 11.5 Å². The molecule has 0 saturated carbocycles. The summed E-state index contributed by atoms with van der Waals surface area (Å²) >= 11 is 3.23. The van der Waals surface area contributed by atoms with E-state index >= 15 is 0 Å². The van der Waals surface area contributed by atoms with Gasteiger partial charge in [0, 0.05) is 75.8 Å². The number of aromatic nitrogens is 2. The molecule has 6 heterocycles. The Labute approximate surface area is 418 Å². The Bertz CT molecular complexity index is 2640. The minimum absolute atomic E-state index is 0.0234. The van der Waals surface area contributed by atoms with Crippen LogP contribution in [0.2, 0.25) is 0 Å². The van der Waals surface area contributed by atoms with Crippen LogP contribution >= 0.6 is 15.9 Å². The average molecular weight is 1070 g/mol. The molecule has 2 aromatic heterocycles. The fourth-order valence-corrected chi connectivity index (χ4v) is 12.7. The SMILES string of the molecule is CC(C)O[C@@H]1CC2(CCN(C(=O)c3ccc(S(=O)(=O)C(C)C)c(Br)n3)CC2)Oc2ccc(F)cc21.Cc1nc(C(=O)N2CCC3(CC2)C[C@@H](OC(C)C)c2cc(F)ccc2O3)ccc1S(=O)(=O)C(C)C. The topological polar surface area (TPSA) is 172 Å². The van der Waals surface area contributed by atoms with Gasteiger partial charge in [-0.1, -0.05) is 0 Å². The number of likely N-dealkylation sites (tertiary alicyclic amines) is 2. The van der Waals surface area contributed by atoms with Crippen LogP contribution < -0.4 is 9.47 Å². The fourth-order valence-electron chi connectivity index (χ4n) is 9.47. The molecule has 4 aliphatic rings. The second kappa shape index (κ2) is 20.9. The van der Waals surface area contributed by atoms with Crippen molar-refractivity contribution in [2.24, 2.45) is 0 Å². The number of carbonyl (C=O) groups excluding carboxylic acids is 2. The first-order chi connectivity index (χ1) is 32.8. The van der Waals surface area contributed by atoms with Crippen LogP contribution in [0.5, 0.6) is 11.5 Å². The van der Waals surface area contributed by atoms with Gasteiger partial charge in [0.1, 0.15) is 50.3 Å². The molecule has 0 aliphatic carbocycles. The number of piperidine rings is 2. The first-order valence-electron chi connectivity index (χ1n) is 23.8. The van der Waals surface area contributed by atoms with Gasteiger partial charge in [-0.3, -0.25) is 9.59 Å². The Morgan fingerprint density at radius 1 is 0.629 bits per heavy atom. The third-order valence-electron chi connectivity index (χ3n) is 13.3. The van der Waals surface area contributed by atoms with Gasteiger partial charge in [-0.05, 0) is 139 Å². The summed E-state index contributed by atoms with van der Waals surface area (Å²) in [5, 5.41) is -1.16. The highest BCUT2D eigenvalue weighted by atomic mass is 79.9. The Balaban J connectivity index is 0.000000206. The molecular formula is C51H63BrF2N4O10S2. The first-order valence-corrected chi connectivity index (χ1v) is 27.7. The highest BCUT2D eigenvalue weighted by Crippen LogP contribution is 2.48. The third kappa shape index (κ3) is 11.4. The van der Waals surface area contributed by atoms with E-state index in [1.165, 1.54) is 48.5 Å². The Morgan fingerprint density at radius 2 is 1.01 bits per heavy atom. The molecule has 4 aliphatic heterocycles. The number of ether oxygens (including phenoxy) is 4. The molecule has 70 heavy (non-hydrogen) atoms. The van der Waals surface area contributed by atoms with Gasteiger partial charge < -0.3 is 28.7 Å². The maximum absolute atomic E-state index is 13.9. The summed E-state index contributed by atoms with van der Waals surface area (Å²) < 4.78 is 103. The second-order valence-corrected chi connectivity index (χ2v) is 25.4. The number of sulfone groups is 2. The molecule has 2 atom stereocenters. The zero-order valence-electron chi connectivity index (χ0n) is 41.1. The molecule has 14 nitrogen and oxygen atoms in total. The lowest BCUT2D eigenvalue weighted by atomic mass is 9.81. The maximum atomic E-state index is 13.9. The van der Waals surface area contributed by atoms with Gasteiger partial charge in [-0.15, -0.1) is 0 Å². The summed E-state index contributed by atoms with van der Waals surface area (Å²) in [5.41, 5.74) is 1.16. The molecular weight excluding hydrogens is 1010 g/mol. The van der Waals surface area contributed by atoms with Gasteiger partial charge in [0.05, 0.1) is 50.4 Å². The molecule has 2 spiro atoms. The van der Waals surface area contributed by atoms with Gasteiger partial charge in [0.2, 0.25) is 0 Å². The van der Waals surface area contributed by atoms with Crippen LogP contribution in [0.1, 0.15) is 144 Å². The molecule has 0 bridgehead atoms. The number of aryl methyl sites for hydroxylation is 1. The standard InChI is InChI=1S/C26H33FN2O5S.C25H30BrFN2O5S/c1-16(2)33-23-15-26(34-22-8-6-19(27)14-20(22)23)10-12-29(13-11-26)25(30)21-7-9-24(18(5)28-21)35(31,32)17(3)4;1-15(2)33-21-14-25(34-20-7-5-17(27)13-18(20)21)9-11-29(12-10-25)24(30)19-6-8-22(23(26)28-19)35(31,32)16(3)4/h6-9,14,16-17,23H,10-13,15H2,1-5H3;5-8,13,15-16,21H,9-12,14H2,1-4H3/t23-;21-/m11/s1. The van der Waals surface area contributed by atoms with Crippen molar-refractivity contribution < 1.29 is 54.2 Å². The van der Waals surface area contributed by atoms with E-state index < -0.39 is 41.4 Å². The van der Waals surface area contributed by atoms with E-state index in [1.54, 1.807) is 56.6 Å². The van der Waals surface area contributed by atoms with E-state index in [4.69, 9.17) is 18.9 Å². The van der Waals surface area contributed by atoms with Crippen molar-refractivity contribution in [2.75, 3.05) is 26.2 Å². The Hall–Kier alpha value is -4.56. The van der Waals surface area contributed by atoms with Crippen molar-refractivity contribution in [3.05, 3.63) is 105 Å². The van der Waals surface area contributed by atoms with Crippen molar-refractivity contribution in [1.29, 1.82) is 0 Å². The molecule has 0 N–H and O–H groups in total. The molecule has 8 rings (SSSR count). The van der Waals surface area contributed by atoms with Gasteiger partial charge >= 0.3 is 0 Å². The van der Waals surface area contributed by atoms with Crippen LogP contribution in [0, 0.1) is 18.6 Å².